The molecule has 6 heteroatoms. The Bertz CT molecular complexity index is 370. The van der Waals surface area contributed by atoms with Gasteiger partial charge in [0.15, 0.2) is 0 Å². The zero-order chi connectivity index (χ0) is 14.6. The van der Waals surface area contributed by atoms with E-state index in [1.807, 2.05) is 6.92 Å². The number of rotatable bonds is 7. The van der Waals surface area contributed by atoms with Crippen LogP contribution in [0.5, 0.6) is 0 Å². The van der Waals surface area contributed by atoms with Crippen molar-refractivity contribution in [1.82, 2.24) is 10.2 Å². The van der Waals surface area contributed by atoms with Gasteiger partial charge in [-0.25, -0.2) is 9.59 Å². The summed E-state index contributed by atoms with van der Waals surface area (Å²) in [5, 5.41) is 12.2. The molecule has 2 amide bonds. The summed E-state index contributed by atoms with van der Waals surface area (Å²) in [6.45, 7) is 4.02. The number of amides is 2. The Morgan fingerprint density at radius 3 is 2.80 bits per heavy atom. The van der Waals surface area contributed by atoms with Crippen LogP contribution < -0.4 is 5.32 Å². The van der Waals surface area contributed by atoms with Crippen molar-refractivity contribution in [3.8, 4) is 0 Å². The van der Waals surface area contributed by atoms with E-state index in [2.05, 4.69) is 5.32 Å². The summed E-state index contributed by atoms with van der Waals surface area (Å²) in [7, 11) is 0. The van der Waals surface area contributed by atoms with E-state index in [1.54, 1.807) is 0 Å². The summed E-state index contributed by atoms with van der Waals surface area (Å²) in [5.74, 6) is -0.193. The molecule has 2 aliphatic rings. The van der Waals surface area contributed by atoms with E-state index in [0.29, 0.717) is 38.5 Å². The molecule has 2 fully saturated rings. The van der Waals surface area contributed by atoms with Crippen LogP contribution in [-0.4, -0.2) is 53.8 Å². The van der Waals surface area contributed by atoms with E-state index in [9.17, 15) is 14.7 Å². The van der Waals surface area contributed by atoms with Crippen LogP contribution in [0.3, 0.4) is 0 Å². The Morgan fingerprint density at radius 1 is 1.45 bits per heavy atom. The molecular formula is C14H24N2O4. The molecule has 114 valence electrons. The summed E-state index contributed by atoms with van der Waals surface area (Å²) in [4.78, 5) is 25.1. The van der Waals surface area contributed by atoms with Crippen LogP contribution in [0.2, 0.25) is 0 Å². The van der Waals surface area contributed by atoms with Gasteiger partial charge in [-0.3, -0.25) is 0 Å². The van der Waals surface area contributed by atoms with Gasteiger partial charge >= 0.3 is 12.0 Å². The zero-order valence-electron chi connectivity index (χ0n) is 12.1. The maximum absolute atomic E-state index is 12.1. The topological polar surface area (TPSA) is 78.9 Å². The average Bonchev–Trinajstić information content (AvgIpc) is 3.14. The number of hydrogen-bond acceptors (Lipinski definition) is 3. The van der Waals surface area contributed by atoms with Crippen LogP contribution in [0, 0.1) is 5.92 Å². The second-order valence-electron chi connectivity index (χ2n) is 5.70. The summed E-state index contributed by atoms with van der Waals surface area (Å²) >= 11 is 0. The molecule has 0 radical (unpaired) electrons. The first-order chi connectivity index (χ1) is 9.60. The monoisotopic (exact) mass is 284 g/mol. The Labute approximate surface area is 119 Å². The summed E-state index contributed by atoms with van der Waals surface area (Å²) in [6, 6.07) is -0.290. The van der Waals surface area contributed by atoms with E-state index in [1.165, 1.54) is 17.7 Å². The smallest absolute Gasteiger partial charge is 0.329 e. The number of nitrogens with zero attached hydrogens (tertiary/aromatic N) is 1. The molecule has 2 rings (SSSR count). The van der Waals surface area contributed by atoms with E-state index < -0.39 is 11.5 Å². The van der Waals surface area contributed by atoms with Gasteiger partial charge in [0, 0.05) is 19.7 Å². The standard InChI is InChI=1S/C14H24N2O4/c1-2-14(12(17)18)6-3-8-16(14)13(19)15-7-9-20-10-11-4-5-11/h11H,2-10H2,1H3,(H,15,19)(H,17,18). The highest BCUT2D eigenvalue weighted by molar-refractivity contribution is 5.87. The molecule has 2 N–H and O–H groups in total. The van der Waals surface area contributed by atoms with Crippen molar-refractivity contribution in [1.29, 1.82) is 0 Å². The van der Waals surface area contributed by atoms with Gasteiger partial charge in [0.05, 0.1) is 6.61 Å². The number of carbonyl (C=O) groups is 2. The van der Waals surface area contributed by atoms with Crippen LogP contribution >= 0.6 is 0 Å². The highest BCUT2D eigenvalue weighted by atomic mass is 16.5. The molecule has 1 saturated carbocycles. The highest BCUT2D eigenvalue weighted by Gasteiger charge is 2.48. The predicted molar refractivity (Wildman–Crippen MR) is 73.5 cm³/mol. The number of urea groups is 1. The van der Waals surface area contributed by atoms with Crippen molar-refractivity contribution < 1.29 is 19.4 Å². The molecule has 1 unspecified atom stereocenters. The van der Waals surface area contributed by atoms with Gasteiger partial charge < -0.3 is 20.1 Å². The molecule has 0 aromatic heterocycles. The minimum Gasteiger partial charge on any atom is -0.479 e. The molecule has 1 atom stereocenters. The van der Waals surface area contributed by atoms with Crippen molar-refractivity contribution in [2.75, 3.05) is 26.3 Å². The lowest BCUT2D eigenvalue weighted by Gasteiger charge is -2.33. The zero-order valence-corrected chi connectivity index (χ0v) is 12.1. The Balaban J connectivity index is 1.76. The normalized spacial score (nSPS) is 25.8. The minimum absolute atomic E-state index is 0.290. The number of carbonyl (C=O) groups excluding carboxylic acids is 1. The Hall–Kier alpha value is -1.30. The maximum atomic E-state index is 12.1. The number of carboxylic acids is 1. The fraction of sp³-hybridized carbons (Fsp3) is 0.857. The molecule has 1 aliphatic carbocycles. The molecule has 0 aromatic rings. The van der Waals surface area contributed by atoms with E-state index in [-0.39, 0.29) is 6.03 Å². The fourth-order valence-electron chi connectivity index (χ4n) is 2.78. The summed E-state index contributed by atoms with van der Waals surface area (Å²) < 4.78 is 5.45. The van der Waals surface area contributed by atoms with Crippen molar-refractivity contribution in [2.24, 2.45) is 5.92 Å². The highest BCUT2D eigenvalue weighted by Crippen LogP contribution is 2.32. The van der Waals surface area contributed by atoms with Crippen molar-refractivity contribution in [3.63, 3.8) is 0 Å². The van der Waals surface area contributed by atoms with Gasteiger partial charge in [0.1, 0.15) is 5.54 Å². The Morgan fingerprint density at radius 2 is 2.20 bits per heavy atom. The first-order valence-corrected chi connectivity index (χ1v) is 7.47. The van der Waals surface area contributed by atoms with E-state index >= 15 is 0 Å². The summed E-state index contributed by atoms with van der Waals surface area (Å²) in [6.07, 6.45) is 4.21. The van der Waals surface area contributed by atoms with Crippen LogP contribution in [0.1, 0.15) is 39.0 Å². The minimum atomic E-state index is -1.03. The Kier molecular flexibility index (Phi) is 4.86. The van der Waals surface area contributed by atoms with Crippen LogP contribution in [0.15, 0.2) is 0 Å². The van der Waals surface area contributed by atoms with Gasteiger partial charge in [-0.15, -0.1) is 0 Å². The third kappa shape index (κ3) is 3.23. The first kappa shape index (κ1) is 15.1. The van der Waals surface area contributed by atoms with Crippen molar-refractivity contribution in [2.45, 2.75) is 44.6 Å². The lowest BCUT2D eigenvalue weighted by Crippen LogP contribution is -2.55. The quantitative estimate of drug-likeness (QED) is 0.694. The van der Waals surface area contributed by atoms with Gasteiger partial charge in [-0.05, 0) is 38.0 Å². The lowest BCUT2D eigenvalue weighted by molar-refractivity contribution is -0.148. The third-order valence-electron chi connectivity index (χ3n) is 4.29. The van der Waals surface area contributed by atoms with Crippen molar-refractivity contribution >= 4 is 12.0 Å². The summed E-state index contributed by atoms with van der Waals surface area (Å²) in [5.41, 5.74) is -1.03. The molecule has 0 aromatic carbocycles. The number of aliphatic carboxylic acids is 1. The number of nitrogens with one attached hydrogen (secondary N) is 1. The number of carboxylic acid groups (broad SMARTS) is 1. The van der Waals surface area contributed by atoms with E-state index in [4.69, 9.17) is 4.74 Å². The van der Waals surface area contributed by atoms with Gasteiger partial charge in [0.2, 0.25) is 0 Å². The van der Waals surface area contributed by atoms with Gasteiger partial charge in [-0.1, -0.05) is 6.92 Å². The van der Waals surface area contributed by atoms with Crippen molar-refractivity contribution in [3.05, 3.63) is 0 Å². The van der Waals surface area contributed by atoms with Crippen LogP contribution in [0.25, 0.3) is 0 Å². The molecule has 6 nitrogen and oxygen atoms in total. The number of ether oxygens (including phenoxy) is 1. The number of hydrogen-bond donors (Lipinski definition) is 2. The second-order valence-corrected chi connectivity index (χ2v) is 5.70. The molecule has 20 heavy (non-hydrogen) atoms. The van der Waals surface area contributed by atoms with Crippen LogP contribution in [-0.2, 0) is 9.53 Å². The largest absolute Gasteiger partial charge is 0.479 e. The SMILES string of the molecule is CCC1(C(=O)O)CCCN1C(=O)NCCOCC1CC1. The maximum Gasteiger partial charge on any atom is 0.329 e. The molecule has 1 aliphatic heterocycles. The van der Waals surface area contributed by atoms with E-state index in [0.717, 1.165) is 13.0 Å². The second kappa shape index (κ2) is 6.43. The predicted octanol–water partition coefficient (Wildman–Crippen LogP) is 1.45. The van der Waals surface area contributed by atoms with Crippen LogP contribution in [0.4, 0.5) is 4.79 Å². The molecule has 0 bridgehead atoms. The number of likely N-dealkylation sites (tertiary alicyclic amines) is 1. The average molecular weight is 284 g/mol. The first-order valence-electron chi connectivity index (χ1n) is 7.47. The molecule has 1 heterocycles. The molecule has 1 saturated heterocycles. The fourth-order valence-corrected chi connectivity index (χ4v) is 2.78. The molecule has 0 spiro atoms. The third-order valence-corrected chi connectivity index (χ3v) is 4.29. The molecular weight excluding hydrogens is 260 g/mol. The van der Waals surface area contributed by atoms with Gasteiger partial charge in [0.25, 0.3) is 0 Å². The lowest BCUT2D eigenvalue weighted by atomic mass is 9.93. The van der Waals surface area contributed by atoms with Gasteiger partial charge in [-0.2, -0.15) is 0 Å².